The van der Waals surface area contributed by atoms with Gasteiger partial charge in [-0.2, -0.15) is 0 Å². The topological polar surface area (TPSA) is 49.9 Å². The summed E-state index contributed by atoms with van der Waals surface area (Å²) in [6.45, 7) is 4.40. The third kappa shape index (κ3) is 3.76. The van der Waals surface area contributed by atoms with Crippen LogP contribution in [0, 0.1) is 12.8 Å². The van der Waals surface area contributed by atoms with Crippen molar-refractivity contribution in [1.82, 2.24) is 9.80 Å². The summed E-state index contributed by atoms with van der Waals surface area (Å²) in [6, 6.07) is 3.47. The number of hydrogen-bond acceptors (Lipinski definition) is 3. The first-order valence-electron chi connectivity index (χ1n) is 8.93. The molecule has 0 N–H and O–H groups in total. The Labute approximate surface area is 153 Å². The van der Waals surface area contributed by atoms with Crippen molar-refractivity contribution in [2.45, 2.75) is 32.6 Å². The molecule has 0 atom stereocenters. The molecule has 1 aromatic carbocycles. The minimum absolute atomic E-state index is 0.0864. The van der Waals surface area contributed by atoms with Crippen molar-refractivity contribution < 1.29 is 14.3 Å². The zero-order valence-electron chi connectivity index (χ0n) is 14.9. The molecule has 1 saturated heterocycles. The maximum absolute atomic E-state index is 13.0. The van der Waals surface area contributed by atoms with Crippen LogP contribution in [0.4, 0.5) is 0 Å². The lowest BCUT2D eigenvalue weighted by atomic mass is 9.84. The Morgan fingerprint density at radius 1 is 1.08 bits per heavy atom. The minimum Gasteiger partial charge on any atom is -0.496 e. The highest BCUT2D eigenvalue weighted by atomic mass is 35.5. The molecule has 1 aromatic rings. The van der Waals surface area contributed by atoms with Crippen LogP contribution in [0.3, 0.4) is 0 Å². The first-order valence-corrected chi connectivity index (χ1v) is 9.31. The Kier molecular flexibility index (Phi) is 5.52. The molecule has 1 aliphatic carbocycles. The molecule has 6 heteroatoms. The SMILES string of the molecule is COc1cc(C)c(Cl)cc1C(=O)N1CCCN(C(=O)C2CCC2)CC1. The lowest BCUT2D eigenvalue weighted by molar-refractivity contribution is -0.138. The smallest absolute Gasteiger partial charge is 0.257 e. The Bertz CT molecular complexity index is 673. The van der Waals surface area contributed by atoms with Crippen LogP contribution in [0.15, 0.2) is 12.1 Å². The molecule has 3 rings (SSSR count). The average molecular weight is 365 g/mol. The molecule has 2 aliphatic rings. The third-order valence-electron chi connectivity index (χ3n) is 5.26. The molecule has 136 valence electrons. The summed E-state index contributed by atoms with van der Waals surface area (Å²) in [5.41, 5.74) is 1.36. The maximum atomic E-state index is 13.0. The van der Waals surface area contributed by atoms with Crippen molar-refractivity contribution in [3.05, 3.63) is 28.3 Å². The minimum atomic E-state index is -0.0864. The molecule has 0 spiro atoms. The van der Waals surface area contributed by atoms with Crippen LogP contribution >= 0.6 is 11.6 Å². The monoisotopic (exact) mass is 364 g/mol. The summed E-state index contributed by atoms with van der Waals surface area (Å²) in [5, 5.41) is 0.556. The van der Waals surface area contributed by atoms with Crippen molar-refractivity contribution in [1.29, 1.82) is 0 Å². The highest BCUT2D eigenvalue weighted by Gasteiger charge is 2.31. The Morgan fingerprint density at radius 2 is 1.76 bits per heavy atom. The zero-order valence-corrected chi connectivity index (χ0v) is 15.6. The number of hydrogen-bond donors (Lipinski definition) is 0. The van der Waals surface area contributed by atoms with Crippen LogP contribution in [0.5, 0.6) is 5.75 Å². The van der Waals surface area contributed by atoms with E-state index in [4.69, 9.17) is 16.3 Å². The predicted octanol–water partition coefficient (Wildman–Crippen LogP) is 3.13. The van der Waals surface area contributed by atoms with Crippen molar-refractivity contribution in [2.24, 2.45) is 5.92 Å². The number of aryl methyl sites for hydroxylation is 1. The number of halogens is 1. The number of carbonyl (C=O) groups is 2. The molecule has 0 aromatic heterocycles. The fourth-order valence-electron chi connectivity index (χ4n) is 3.42. The van der Waals surface area contributed by atoms with Crippen molar-refractivity contribution in [3.63, 3.8) is 0 Å². The van der Waals surface area contributed by atoms with Gasteiger partial charge in [0.1, 0.15) is 5.75 Å². The van der Waals surface area contributed by atoms with E-state index in [1.54, 1.807) is 24.1 Å². The molecular formula is C19H25ClN2O3. The number of rotatable bonds is 3. The van der Waals surface area contributed by atoms with Crippen molar-refractivity contribution in [2.75, 3.05) is 33.3 Å². The van der Waals surface area contributed by atoms with E-state index in [0.717, 1.165) is 37.8 Å². The van der Waals surface area contributed by atoms with Crippen LogP contribution in [-0.2, 0) is 4.79 Å². The Morgan fingerprint density at radius 3 is 2.40 bits per heavy atom. The van der Waals surface area contributed by atoms with E-state index in [1.807, 2.05) is 11.8 Å². The normalized spacial score (nSPS) is 18.5. The second kappa shape index (κ2) is 7.65. The van der Waals surface area contributed by atoms with Crippen molar-refractivity contribution in [3.8, 4) is 5.75 Å². The molecule has 0 radical (unpaired) electrons. The van der Waals surface area contributed by atoms with Gasteiger partial charge in [-0.05, 0) is 43.9 Å². The van der Waals surface area contributed by atoms with E-state index in [2.05, 4.69) is 0 Å². The van der Waals surface area contributed by atoms with E-state index >= 15 is 0 Å². The number of nitrogens with zero attached hydrogens (tertiary/aromatic N) is 2. The fraction of sp³-hybridized carbons (Fsp3) is 0.579. The van der Waals surface area contributed by atoms with Gasteiger partial charge in [0.15, 0.2) is 0 Å². The van der Waals surface area contributed by atoms with Gasteiger partial charge < -0.3 is 14.5 Å². The van der Waals surface area contributed by atoms with Gasteiger partial charge in [0.05, 0.1) is 12.7 Å². The summed E-state index contributed by atoms with van der Waals surface area (Å²) < 4.78 is 5.37. The van der Waals surface area contributed by atoms with Crippen molar-refractivity contribution >= 4 is 23.4 Å². The number of amides is 2. The van der Waals surface area contributed by atoms with Gasteiger partial charge in [-0.3, -0.25) is 9.59 Å². The third-order valence-corrected chi connectivity index (χ3v) is 5.67. The number of benzene rings is 1. The van der Waals surface area contributed by atoms with Gasteiger partial charge in [0.25, 0.3) is 5.91 Å². The van der Waals surface area contributed by atoms with Gasteiger partial charge >= 0.3 is 0 Å². The summed E-state index contributed by atoms with van der Waals surface area (Å²) in [4.78, 5) is 29.1. The van der Waals surface area contributed by atoms with Gasteiger partial charge in [-0.1, -0.05) is 18.0 Å². The molecule has 5 nitrogen and oxygen atoms in total. The van der Waals surface area contributed by atoms with Gasteiger partial charge in [0.2, 0.25) is 5.91 Å². The lowest BCUT2D eigenvalue weighted by Gasteiger charge is -2.31. The van der Waals surface area contributed by atoms with E-state index in [1.165, 1.54) is 0 Å². The Hall–Kier alpha value is -1.75. The zero-order chi connectivity index (χ0) is 18.0. The molecule has 2 amide bonds. The molecule has 1 heterocycles. The van der Waals surface area contributed by atoms with E-state index < -0.39 is 0 Å². The van der Waals surface area contributed by atoms with Gasteiger partial charge in [0, 0.05) is 37.1 Å². The highest BCUT2D eigenvalue weighted by molar-refractivity contribution is 6.31. The first kappa shape index (κ1) is 18.1. The molecule has 2 fully saturated rings. The van der Waals surface area contributed by atoms with E-state index in [9.17, 15) is 9.59 Å². The summed E-state index contributed by atoms with van der Waals surface area (Å²) >= 11 is 6.20. The lowest BCUT2D eigenvalue weighted by Crippen LogP contribution is -2.41. The first-order chi connectivity index (χ1) is 12.0. The standard InChI is InChI=1S/C19H25ClN2O3/c1-13-11-17(25-2)15(12-16(13)20)19(24)22-8-4-7-21(9-10-22)18(23)14-5-3-6-14/h11-12,14H,3-10H2,1-2H3. The summed E-state index contributed by atoms with van der Waals surface area (Å²) in [7, 11) is 1.56. The quantitative estimate of drug-likeness (QED) is 0.827. The number of methoxy groups -OCH3 is 1. The number of ether oxygens (including phenoxy) is 1. The Balaban J connectivity index is 1.71. The molecular weight excluding hydrogens is 340 g/mol. The van der Waals surface area contributed by atoms with Gasteiger partial charge in [-0.15, -0.1) is 0 Å². The summed E-state index contributed by atoms with van der Waals surface area (Å²) in [5.74, 6) is 0.921. The summed E-state index contributed by atoms with van der Waals surface area (Å²) in [6.07, 6.45) is 3.98. The number of carbonyl (C=O) groups excluding carboxylic acids is 2. The van der Waals surface area contributed by atoms with Crippen LogP contribution in [-0.4, -0.2) is 54.9 Å². The van der Waals surface area contributed by atoms with Crippen LogP contribution in [0.25, 0.3) is 0 Å². The fourth-order valence-corrected chi connectivity index (χ4v) is 3.58. The highest BCUT2D eigenvalue weighted by Crippen LogP contribution is 2.30. The molecule has 0 unspecified atom stereocenters. The van der Waals surface area contributed by atoms with Crippen LogP contribution < -0.4 is 4.74 Å². The van der Waals surface area contributed by atoms with Crippen LogP contribution in [0.1, 0.15) is 41.6 Å². The van der Waals surface area contributed by atoms with E-state index in [0.29, 0.717) is 36.0 Å². The second-order valence-electron chi connectivity index (χ2n) is 6.90. The van der Waals surface area contributed by atoms with Gasteiger partial charge in [-0.25, -0.2) is 0 Å². The molecule has 25 heavy (non-hydrogen) atoms. The molecule has 1 aliphatic heterocycles. The predicted molar refractivity (Wildman–Crippen MR) is 97.2 cm³/mol. The van der Waals surface area contributed by atoms with E-state index in [-0.39, 0.29) is 17.7 Å². The molecule has 1 saturated carbocycles. The average Bonchev–Trinajstić information content (AvgIpc) is 2.80. The second-order valence-corrected chi connectivity index (χ2v) is 7.31. The largest absolute Gasteiger partial charge is 0.496 e. The maximum Gasteiger partial charge on any atom is 0.257 e. The molecule has 0 bridgehead atoms. The van der Waals surface area contributed by atoms with Crippen LogP contribution in [0.2, 0.25) is 5.02 Å².